The topological polar surface area (TPSA) is 47.8 Å². The van der Waals surface area contributed by atoms with Crippen LogP contribution in [0.1, 0.15) is 12.5 Å². The molecule has 0 aliphatic rings. The minimum Gasteiger partial charge on any atom is -0.423 e. The molecule has 2 heterocycles. The van der Waals surface area contributed by atoms with E-state index in [2.05, 4.69) is 0 Å². The van der Waals surface area contributed by atoms with E-state index in [1.165, 1.54) is 28.7 Å². The van der Waals surface area contributed by atoms with Crippen LogP contribution in [0.2, 0.25) is 0 Å². The molecule has 78 valence electrons. The summed E-state index contributed by atoms with van der Waals surface area (Å²) < 4.78 is 6.55. The summed E-state index contributed by atoms with van der Waals surface area (Å²) in [5.41, 5.74) is 0.567. The minimum absolute atomic E-state index is 0.111. The van der Waals surface area contributed by atoms with Gasteiger partial charge in [-0.05, 0) is 6.92 Å². The third kappa shape index (κ3) is 1.66. The number of hydrogen-bond acceptors (Lipinski definition) is 4. The van der Waals surface area contributed by atoms with Crippen molar-refractivity contribution < 1.29 is 9.53 Å². The van der Waals surface area contributed by atoms with Gasteiger partial charge in [0.25, 0.3) is 5.56 Å². The van der Waals surface area contributed by atoms with Gasteiger partial charge in [-0.2, -0.15) is 0 Å². The number of carbonyl (C=O) groups is 1. The monoisotopic (exact) mass is 223 g/mol. The number of thiazole rings is 1. The Kier molecular flexibility index (Phi) is 2.32. The first-order valence-electron chi connectivity index (χ1n) is 4.37. The van der Waals surface area contributed by atoms with Crippen LogP contribution in [0.3, 0.4) is 0 Å². The Hall–Kier alpha value is -1.62. The number of ether oxygens (including phenoxy) is 1. The van der Waals surface area contributed by atoms with Crippen molar-refractivity contribution in [2.45, 2.75) is 13.8 Å². The molecule has 2 aromatic rings. The lowest BCUT2D eigenvalue weighted by Crippen LogP contribution is -2.13. The normalized spacial score (nSPS) is 10.5. The maximum absolute atomic E-state index is 11.5. The minimum atomic E-state index is -0.382. The molecule has 0 aliphatic carbocycles. The van der Waals surface area contributed by atoms with Gasteiger partial charge in [-0.25, -0.2) is 0 Å². The molecule has 0 N–H and O–H groups in total. The summed E-state index contributed by atoms with van der Waals surface area (Å²) in [6.45, 7) is 3.09. The zero-order chi connectivity index (χ0) is 11.0. The average molecular weight is 223 g/mol. The molecule has 2 rings (SSSR count). The molecule has 2 aromatic heterocycles. The van der Waals surface area contributed by atoms with E-state index in [9.17, 15) is 9.59 Å². The molecule has 0 saturated carbocycles. The van der Waals surface area contributed by atoms with Crippen LogP contribution < -0.4 is 10.3 Å². The summed E-state index contributed by atoms with van der Waals surface area (Å²) in [6.07, 6.45) is 1.66. The average Bonchev–Trinajstić information content (AvgIpc) is 2.60. The van der Waals surface area contributed by atoms with E-state index in [4.69, 9.17) is 4.74 Å². The molecule has 0 unspecified atom stereocenters. The lowest BCUT2D eigenvalue weighted by Gasteiger charge is -2.06. The Balaban J connectivity index is 2.76. The Labute approximate surface area is 89.7 Å². The zero-order valence-corrected chi connectivity index (χ0v) is 9.13. The molecule has 0 aromatic carbocycles. The summed E-state index contributed by atoms with van der Waals surface area (Å²) in [5, 5.41) is 1.78. The molecular formula is C10H9NO3S. The number of aromatic nitrogens is 1. The molecule has 0 fully saturated rings. The quantitative estimate of drug-likeness (QED) is 0.690. The standard InChI is InChI=1S/C10H9NO3S/c1-6-5-8(13)11-3-4-15-10(11)9(6)14-7(2)12/h3-5H,1-2H3. The highest BCUT2D eigenvalue weighted by Crippen LogP contribution is 2.26. The van der Waals surface area contributed by atoms with E-state index in [1.807, 2.05) is 0 Å². The molecule has 0 spiro atoms. The molecule has 0 saturated heterocycles. The van der Waals surface area contributed by atoms with Crippen LogP contribution in [0, 0.1) is 6.92 Å². The molecular weight excluding hydrogens is 214 g/mol. The Morgan fingerprint density at radius 3 is 2.93 bits per heavy atom. The van der Waals surface area contributed by atoms with Crippen LogP contribution >= 0.6 is 11.3 Å². The summed E-state index contributed by atoms with van der Waals surface area (Å²) in [6, 6.07) is 1.46. The highest BCUT2D eigenvalue weighted by atomic mass is 32.1. The van der Waals surface area contributed by atoms with Crippen LogP contribution in [-0.2, 0) is 4.79 Å². The Bertz CT molecular complexity index is 582. The number of esters is 1. The number of fused-ring (bicyclic) bond motifs is 1. The summed E-state index contributed by atoms with van der Waals surface area (Å²) in [5.74, 6) is 0.0872. The van der Waals surface area contributed by atoms with Gasteiger partial charge in [0.2, 0.25) is 0 Å². The molecule has 5 heteroatoms. The number of aryl methyl sites for hydroxylation is 1. The highest BCUT2D eigenvalue weighted by molar-refractivity contribution is 7.15. The van der Waals surface area contributed by atoms with Gasteiger partial charge in [0.1, 0.15) is 4.83 Å². The maximum Gasteiger partial charge on any atom is 0.308 e. The van der Waals surface area contributed by atoms with Crippen LogP contribution in [0.15, 0.2) is 22.4 Å². The van der Waals surface area contributed by atoms with Crippen LogP contribution in [0.5, 0.6) is 5.75 Å². The first-order chi connectivity index (χ1) is 7.09. The van der Waals surface area contributed by atoms with E-state index in [1.54, 1.807) is 18.5 Å². The summed E-state index contributed by atoms with van der Waals surface area (Å²) in [4.78, 5) is 23.1. The van der Waals surface area contributed by atoms with Crippen molar-refractivity contribution in [3.63, 3.8) is 0 Å². The number of pyridine rings is 1. The first kappa shape index (κ1) is 9.92. The lowest BCUT2D eigenvalue weighted by molar-refractivity contribution is -0.131. The van der Waals surface area contributed by atoms with Gasteiger partial charge in [-0.3, -0.25) is 14.0 Å². The van der Waals surface area contributed by atoms with E-state index >= 15 is 0 Å². The van der Waals surface area contributed by atoms with Gasteiger partial charge >= 0.3 is 5.97 Å². The first-order valence-corrected chi connectivity index (χ1v) is 5.25. The van der Waals surface area contributed by atoms with E-state index in [-0.39, 0.29) is 11.5 Å². The molecule has 0 aliphatic heterocycles. The molecule has 15 heavy (non-hydrogen) atoms. The number of hydrogen-bond donors (Lipinski definition) is 0. The number of rotatable bonds is 1. The van der Waals surface area contributed by atoms with Gasteiger partial charge < -0.3 is 4.74 Å². The predicted octanol–water partition coefficient (Wildman–Crippen LogP) is 1.59. The Morgan fingerprint density at radius 2 is 2.27 bits per heavy atom. The second kappa shape index (κ2) is 3.51. The third-order valence-corrected chi connectivity index (χ3v) is 2.85. The fraction of sp³-hybridized carbons (Fsp3) is 0.200. The molecule has 0 amide bonds. The fourth-order valence-corrected chi connectivity index (χ4v) is 2.26. The second-order valence-electron chi connectivity index (χ2n) is 3.17. The molecule has 0 atom stereocenters. The van der Waals surface area contributed by atoms with Crippen LogP contribution in [0.4, 0.5) is 0 Å². The van der Waals surface area contributed by atoms with E-state index < -0.39 is 0 Å². The fourth-order valence-electron chi connectivity index (χ4n) is 1.37. The zero-order valence-electron chi connectivity index (χ0n) is 8.31. The van der Waals surface area contributed by atoms with Gasteiger partial charge in [-0.15, -0.1) is 11.3 Å². The maximum atomic E-state index is 11.5. The highest BCUT2D eigenvalue weighted by Gasteiger charge is 2.11. The Morgan fingerprint density at radius 1 is 1.53 bits per heavy atom. The smallest absolute Gasteiger partial charge is 0.308 e. The van der Waals surface area contributed by atoms with Crippen molar-refractivity contribution in [1.82, 2.24) is 4.40 Å². The van der Waals surface area contributed by atoms with Crippen molar-refractivity contribution in [2.75, 3.05) is 0 Å². The van der Waals surface area contributed by atoms with Crippen molar-refractivity contribution in [3.05, 3.63) is 33.6 Å². The van der Waals surface area contributed by atoms with Crippen molar-refractivity contribution in [3.8, 4) is 5.75 Å². The summed E-state index contributed by atoms with van der Waals surface area (Å²) >= 11 is 1.37. The van der Waals surface area contributed by atoms with Gasteiger partial charge in [0, 0.05) is 30.1 Å². The van der Waals surface area contributed by atoms with Gasteiger partial charge in [0.05, 0.1) is 0 Å². The number of nitrogens with zero attached hydrogens (tertiary/aromatic N) is 1. The van der Waals surface area contributed by atoms with Crippen LogP contribution in [-0.4, -0.2) is 10.4 Å². The lowest BCUT2D eigenvalue weighted by atomic mass is 10.3. The molecule has 4 nitrogen and oxygen atoms in total. The molecule has 0 bridgehead atoms. The van der Waals surface area contributed by atoms with Crippen molar-refractivity contribution >= 4 is 22.1 Å². The van der Waals surface area contributed by atoms with E-state index in [0.717, 1.165) is 0 Å². The van der Waals surface area contributed by atoms with Crippen LogP contribution in [0.25, 0.3) is 4.83 Å². The largest absolute Gasteiger partial charge is 0.423 e. The molecule has 0 radical (unpaired) electrons. The number of carbonyl (C=O) groups excluding carboxylic acids is 1. The predicted molar refractivity (Wildman–Crippen MR) is 57.6 cm³/mol. The van der Waals surface area contributed by atoms with Gasteiger partial charge in [-0.1, -0.05) is 0 Å². The van der Waals surface area contributed by atoms with Gasteiger partial charge in [0.15, 0.2) is 5.75 Å². The third-order valence-electron chi connectivity index (χ3n) is 1.98. The summed E-state index contributed by atoms with van der Waals surface area (Å²) in [7, 11) is 0. The second-order valence-corrected chi connectivity index (χ2v) is 4.06. The van der Waals surface area contributed by atoms with Crippen molar-refractivity contribution in [2.24, 2.45) is 0 Å². The van der Waals surface area contributed by atoms with E-state index in [0.29, 0.717) is 16.1 Å². The van der Waals surface area contributed by atoms with Crippen molar-refractivity contribution in [1.29, 1.82) is 0 Å². The SMILES string of the molecule is CC(=O)Oc1c(C)cc(=O)n2ccsc12.